The fraction of sp³-hybridized carbons (Fsp3) is 0.538. The van der Waals surface area contributed by atoms with E-state index in [1.54, 1.807) is 10.4 Å². The molecule has 2 aromatic carbocycles. The third-order valence-corrected chi connectivity index (χ3v) is 20.6. The van der Waals surface area contributed by atoms with Crippen molar-refractivity contribution in [2.45, 2.75) is 89.4 Å². The second-order valence-corrected chi connectivity index (χ2v) is 32.1. The summed E-state index contributed by atoms with van der Waals surface area (Å²) < 4.78 is 4.52. The fourth-order valence-electron chi connectivity index (χ4n) is 4.72. The zero-order chi connectivity index (χ0) is 23.2. The number of rotatable bonds is 12. The number of hydrogen-bond donors (Lipinski definition) is 1. The van der Waals surface area contributed by atoms with Crippen molar-refractivity contribution in [3.8, 4) is 0 Å². The number of benzene rings is 2. The van der Waals surface area contributed by atoms with Gasteiger partial charge in [0.2, 0.25) is 0 Å². The Balaban J connectivity index is 2.34. The van der Waals surface area contributed by atoms with E-state index in [-0.39, 0.29) is 0 Å². The van der Waals surface area contributed by atoms with E-state index in [9.17, 15) is 0 Å². The van der Waals surface area contributed by atoms with Crippen LogP contribution >= 0.6 is 0 Å². The first kappa shape index (κ1) is 26.5. The third kappa shape index (κ3) is 8.97. The van der Waals surface area contributed by atoms with Gasteiger partial charge in [-0.05, 0) is 22.5 Å². The van der Waals surface area contributed by atoms with Crippen molar-refractivity contribution in [2.24, 2.45) is 0 Å². The van der Waals surface area contributed by atoms with Crippen LogP contribution in [0.5, 0.6) is 0 Å². The second-order valence-electron chi connectivity index (χ2n) is 12.3. The van der Waals surface area contributed by atoms with Crippen LogP contribution in [0.2, 0.25) is 76.6 Å². The Hall–Kier alpha value is -0.732. The highest BCUT2D eigenvalue weighted by molar-refractivity contribution is 7.03. The first-order chi connectivity index (χ1) is 14.3. The Labute approximate surface area is 197 Å². The van der Waals surface area contributed by atoms with E-state index in [0.717, 1.165) is 0 Å². The fourth-order valence-corrected chi connectivity index (χ4v) is 19.1. The quantitative estimate of drug-likeness (QED) is 0.319. The molecular formula is C26H47NSi4. The van der Waals surface area contributed by atoms with Crippen molar-refractivity contribution in [1.82, 2.24) is 4.65 Å². The summed E-state index contributed by atoms with van der Waals surface area (Å²) in [6, 6.07) is 28.5. The van der Waals surface area contributed by atoms with Gasteiger partial charge >= 0.3 is 0 Å². The second kappa shape index (κ2) is 10.9. The minimum atomic E-state index is -1.79. The van der Waals surface area contributed by atoms with Gasteiger partial charge in [0, 0.05) is 16.1 Å². The van der Waals surface area contributed by atoms with Crippen LogP contribution < -0.4 is 15.0 Å². The lowest BCUT2D eigenvalue weighted by Gasteiger charge is -2.41. The molecular weight excluding hydrogens is 439 g/mol. The largest absolute Gasteiger partial charge is 0.352 e. The maximum absolute atomic E-state index is 4.52. The summed E-state index contributed by atoms with van der Waals surface area (Å²) in [6.45, 7) is 20.3. The first-order valence-corrected chi connectivity index (χ1v) is 25.1. The topological polar surface area (TPSA) is 12.0 Å². The van der Waals surface area contributed by atoms with E-state index in [4.69, 9.17) is 0 Å². The molecule has 1 nitrogen and oxygen atoms in total. The molecule has 31 heavy (non-hydrogen) atoms. The average Bonchev–Trinajstić information content (AvgIpc) is 2.67. The third-order valence-electron chi connectivity index (χ3n) is 6.58. The predicted molar refractivity (Wildman–Crippen MR) is 154 cm³/mol. The summed E-state index contributed by atoms with van der Waals surface area (Å²) in [6.07, 6.45) is 2.74. The highest BCUT2D eigenvalue weighted by atomic mass is 28.4. The summed E-state index contributed by atoms with van der Waals surface area (Å²) in [5, 5.41) is 3.18. The molecule has 2 rings (SSSR count). The van der Waals surface area contributed by atoms with Crippen LogP contribution in [0.4, 0.5) is 0 Å². The molecule has 0 saturated carbocycles. The van der Waals surface area contributed by atoms with Gasteiger partial charge in [-0.1, -0.05) is 138 Å². The van der Waals surface area contributed by atoms with Crippen LogP contribution in [0.25, 0.3) is 0 Å². The van der Waals surface area contributed by atoms with Gasteiger partial charge in [0.05, 0.1) is 0 Å². The number of hydrogen-bond acceptors (Lipinski definition) is 1. The molecule has 0 aliphatic rings. The summed E-state index contributed by atoms with van der Waals surface area (Å²) in [7, 11) is -5.61. The van der Waals surface area contributed by atoms with Crippen LogP contribution in [0.1, 0.15) is 12.8 Å². The van der Waals surface area contributed by atoms with Gasteiger partial charge < -0.3 is 4.65 Å². The molecule has 0 amide bonds. The molecule has 0 bridgehead atoms. The molecule has 0 spiro atoms. The van der Waals surface area contributed by atoms with Gasteiger partial charge in [-0.15, -0.1) is 0 Å². The van der Waals surface area contributed by atoms with Gasteiger partial charge in [0.15, 0.2) is 0 Å². The monoisotopic (exact) mass is 485 g/mol. The lowest BCUT2D eigenvalue weighted by Crippen LogP contribution is -2.72. The van der Waals surface area contributed by atoms with Gasteiger partial charge in [-0.25, -0.2) is 0 Å². The molecule has 172 valence electrons. The van der Waals surface area contributed by atoms with Crippen molar-refractivity contribution in [1.29, 1.82) is 0 Å². The maximum atomic E-state index is 4.52. The molecule has 2 aromatic rings. The van der Waals surface area contributed by atoms with Crippen LogP contribution in [-0.4, -0.2) is 32.6 Å². The molecule has 0 fully saturated rings. The van der Waals surface area contributed by atoms with Crippen LogP contribution in [0.15, 0.2) is 60.7 Å². The smallest absolute Gasteiger partial charge is 0.148 e. The zero-order valence-electron chi connectivity index (χ0n) is 21.5. The molecule has 2 unspecified atom stereocenters. The van der Waals surface area contributed by atoms with E-state index >= 15 is 0 Å². The summed E-state index contributed by atoms with van der Waals surface area (Å²) >= 11 is 0. The molecule has 5 heteroatoms. The maximum Gasteiger partial charge on any atom is 0.148 e. The van der Waals surface area contributed by atoms with Crippen LogP contribution in [-0.2, 0) is 0 Å². The molecule has 0 saturated heterocycles. The van der Waals surface area contributed by atoms with E-state index in [2.05, 4.69) is 118 Å². The van der Waals surface area contributed by atoms with E-state index < -0.39 is 32.6 Å². The van der Waals surface area contributed by atoms with Gasteiger partial charge in [-0.3, -0.25) is 0 Å². The lowest BCUT2D eigenvalue weighted by molar-refractivity contribution is 0.978. The van der Waals surface area contributed by atoms with E-state index in [0.29, 0.717) is 0 Å². The van der Waals surface area contributed by atoms with Crippen molar-refractivity contribution < 1.29 is 0 Å². The average molecular weight is 486 g/mol. The lowest BCUT2D eigenvalue weighted by atomic mass is 10.4. The minimum absolute atomic E-state index is 1.01. The standard InChI is InChI=1S/C26H47NSi4/c1-28(2,3)21-15-23-30(7,25-17-11-9-12-18-25)27-31(8,24-16-22-29(4,5)6)26-19-13-10-14-20-26/h9-14,17-20,27H,15-16,21-24H2,1-8H3. The van der Waals surface area contributed by atoms with Crippen molar-refractivity contribution in [3.63, 3.8) is 0 Å². The SMILES string of the molecule is C[Si](C)(C)CCC[Si](C)(N[Si](C)(CCC[Si](C)(C)C)c1ccccc1)c1ccccc1. The van der Waals surface area contributed by atoms with Crippen molar-refractivity contribution >= 4 is 43.0 Å². The van der Waals surface area contributed by atoms with Crippen LogP contribution in [0, 0.1) is 0 Å². The minimum Gasteiger partial charge on any atom is -0.352 e. The molecule has 2 atom stereocenters. The highest BCUT2D eigenvalue weighted by Gasteiger charge is 2.40. The Kier molecular flexibility index (Phi) is 9.35. The Bertz CT molecular complexity index is 715. The number of nitrogens with one attached hydrogen (secondary N) is 1. The van der Waals surface area contributed by atoms with E-state index in [1.165, 1.54) is 37.0 Å². The predicted octanol–water partition coefficient (Wildman–Crippen LogP) is 7.00. The van der Waals surface area contributed by atoms with Gasteiger partial charge in [-0.2, -0.15) is 0 Å². The Morgan fingerprint density at radius 3 is 1.10 bits per heavy atom. The molecule has 0 radical (unpaired) electrons. The van der Waals surface area contributed by atoms with Crippen LogP contribution in [0.3, 0.4) is 0 Å². The Morgan fingerprint density at radius 1 is 0.484 bits per heavy atom. The summed E-state index contributed by atoms with van der Waals surface area (Å²) in [4.78, 5) is 0. The molecule has 0 aliphatic heterocycles. The van der Waals surface area contributed by atoms with Crippen molar-refractivity contribution in [3.05, 3.63) is 60.7 Å². The first-order valence-electron chi connectivity index (χ1n) is 12.2. The van der Waals surface area contributed by atoms with E-state index in [1.807, 2.05) is 0 Å². The normalized spacial score (nSPS) is 16.5. The molecule has 1 N–H and O–H groups in total. The van der Waals surface area contributed by atoms with Gasteiger partial charge in [0.1, 0.15) is 16.5 Å². The molecule has 0 heterocycles. The highest BCUT2D eigenvalue weighted by Crippen LogP contribution is 2.23. The molecule has 0 aromatic heterocycles. The zero-order valence-corrected chi connectivity index (χ0v) is 25.5. The van der Waals surface area contributed by atoms with Gasteiger partial charge in [0.25, 0.3) is 0 Å². The molecule has 0 aliphatic carbocycles. The summed E-state index contributed by atoms with van der Waals surface area (Å²) in [5.41, 5.74) is 0. The van der Waals surface area contributed by atoms with Crippen molar-refractivity contribution in [2.75, 3.05) is 0 Å². The Morgan fingerprint density at radius 2 is 0.806 bits per heavy atom. The summed E-state index contributed by atoms with van der Waals surface area (Å²) in [5.74, 6) is 0.